The summed E-state index contributed by atoms with van der Waals surface area (Å²) < 4.78 is 38.5. The fraction of sp³-hybridized carbons (Fsp3) is 0.588. The quantitative estimate of drug-likeness (QED) is 0.855. The highest BCUT2D eigenvalue weighted by Crippen LogP contribution is 2.31. The first kappa shape index (κ1) is 18.3. The largest absolute Gasteiger partial charge is 0.347 e. The molecule has 3 rings (SSSR count). The van der Waals surface area contributed by atoms with Gasteiger partial charge in [-0.3, -0.25) is 4.79 Å². The van der Waals surface area contributed by atoms with Gasteiger partial charge >= 0.3 is 0 Å². The van der Waals surface area contributed by atoms with Gasteiger partial charge in [-0.25, -0.2) is 13.1 Å². The van der Waals surface area contributed by atoms with E-state index in [1.165, 1.54) is 0 Å². The predicted molar refractivity (Wildman–Crippen MR) is 91.6 cm³/mol. The zero-order chi connectivity index (χ0) is 18.1. The fourth-order valence-corrected chi connectivity index (χ4v) is 4.53. The standard InChI is InChI=1S/C17H24N2O5S/c1-13-3-4-15(14(2)11-13)25(21,22)18-12-16(20)19-7-5-17(6-8-19)23-9-10-24-17/h3-4,11,18H,5-10,12H2,1-2H3. The van der Waals surface area contributed by atoms with Gasteiger partial charge in [0, 0.05) is 25.9 Å². The Morgan fingerprint density at radius 1 is 1.20 bits per heavy atom. The third-order valence-electron chi connectivity index (χ3n) is 4.72. The highest BCUT2D eigenvalue weighted by molar-refractivity contribution is 7.89. The molecule has 1 aromatic carbocycles. The minimum Gasteiger partial charge on any atom is -0.347 e. The molecule has 8 heteroatoms. The summed E-state index contributed by atoms with van der Waals surface area (Å²) >= 11 is 0. The van der Waals surface area contributed by atoms with Crippen molar-refractivity contribution in [2.45, 2.75) is 37.4 Å². The van der Waals surface area contributed by atoms with E-state index in [2.05, 4.69) is 4.72 Å². The summed E-state index contributed by atoms with van der Waals surface area (Å²) in [4.78, 5) is 14.2. The Morgan fingerprint density at radius 2 is 1.84 bits per heavy atom. The molecular formula is C17H24N2O5S. The van der Waals surface area contributed by atoms with E-state index in [-0.39, 0.29) is 17.3 Å². The molecule has 2 aliphatic heterocycles. The van der Waals surface area contributed by atoms with Gasteiger partial charge in [-0.1, -0.05) is 17.7 Å². The molecule has 138 valence electrons. The molecule has 2 aliphatic rings. The molecule has 0 atom stereocenters. The van der Waals surface area contributed by atoms with Crippen LogP contribution in [0.5, 0.6) is 0 Å². The van der Waals surface area contributed by atoms with Crippen LogP contribution in [0.2, 0.25) is 0 Å². The van der Waals surface area contributed by atoms with E-state index in [9.17, 15) is 13.2 Å². The number of aryl methyl sites for hydroxylation is 2. The highest BCUT2D eigenvalue weighted by atomic mass is 32.2. The molecule has 7 nitrogen and oxygen atoms in total. The SMILES string of the molecule is Cc1ccc(S(=O)(=O)NCC(=O)N2CCC3(CC2)OCCO3)c(C)c1. The third-order valence-corrected chi connectivity index (χ3v) is 6.29. The zero-order valence-electron chi connectivity index (χ0n) is 14.6. The van der Waals surface area contributed by atoms with Crippen LogP contribution >= 0.6 is 0 Å². The van der Waals surface area contributed by atoms with Crippen molar-refractivity contribution < 1.29 is 22.7 Å². The summed E-state index contributed by atoms with van der Waals surface area (Å²) in [6.45, 7) is 5.59. The first-order valence-corrected chi connectivity index (χ1v) is 9.92. The number of rotatable bonds is 4. The number of benzene rings is 1. The monoisotopic (exact) mass is 368 g/mol. The lowest BCUT2D eigenvalue weighted by atomic mass is 10.0. The second-order valence-corrected chi connectivity index (χ2v) is 8.32. The maximum atomic E-state index is 12.4. The number of nitrogens with one attached hydrogen (secondary N) is 1. The van der Waals surface area contributed by atoms with Gasteiger partial charge in [0.2, 0.25) is 15.9 Å². The van der Waals surface area contributed by atoms with Crippen LogP contribution in [-0.2, 0) is 24.3 Å². The molecule has 0 unspecified atom stereocenters. The summed E-state index contributed by atoms with van der Waals surface area (Å²) in [5, 5.41) is 0. The number of hydrogen-bond donors (Lipinski definition) is 1. The molecule has 0 radical (unpaired) electrons. The van der Waals surface area contributed by atoms with Gasteiger partial charge in [-0.15, -0.1) is 0 Å². The molecule has 0 aliphatic carbocycles. The summed E-state index contributed by atoms with van der Waals surface area (Å²) in [5.74, 6) is -0.781. The van der Waals surface area contributed by atoms with E-state index >= 15 is 0 Å². The lowest BCUT2D eigenvalue weighted by Gasteiger charge is -2.37. The molecule has 2 fully saturated rings. The maximum Gasteiger partial charge on any atom is 0.241 e. The van der Waals surface area contributed by atoms with Crippen LogP contribution in [0.25, 0.3) is 0 Å². The smallest absolute Gasteiger partial charge is 0.241 e. The molecule has 0 saturated carbocycles. The zero-order valence-corrected chi connectivity index (χ0v) is 15.4. The number of carbonyl (C=O) groups excluding carboxylic acids is 1. The number of piperidine rings is 1. The van der Waals surface area contributed by atoms with Crippen molar-refractivity contribution in [3.8, 4) is 0 Å². The molecule has 1 spiro atoms. The van der Waals surface area contributed by atoms with Gasteiger partial charge < -0.3 is 14.4 Å². The Morgan fingerprint density at radius 3 is 2.44 bits per heavy atom. The van der Waals surface area contributed by atoms with Gasteiger partial charge in [0.25, 0.3) is 0 Å². The van der Waals surface area contributed by atoms with Crippen LogP contribution in [-0.4, -0.2) is 57.9 Å². The topological polar surface area (TPSA) is 84.9 Å². The molecule has 0 bridgehead atoms. The van der Waals surface area contributed by atoms with Crippen molar-refractivity contribution in [1.29, 1.82) is 0 Å². The van der Waals surface area contributed by atoms with Crippen molar-refractivity contribution in [2.75, 3.05) is 32.8 Å². The van der Waals surface area contributed by atoms with E-state index < -0.39 is 15.8 Å². The van der Waals surface area contributed by atoms with E-state index in [1.54, 1.807) is 24.0 Å². The Hall–Kier alpha value is -1.48. The van der Waals surface area contributed by atoms with Gasteiger partial charge in [0.15, 0.2) is 5.79 Å². The molecule has 0 aromatic heterocycles. The highest BCUT2D eigenvalue weighted by Gasteiger charge is 2.40. The van der Waals surface area contributed by atoms with Crippen LogP contribution < -0.4 is 4.72 Å². The van der Waals surface area contributed by atoms with Crippen molar-refractivity contribution in [2.24, 2.45) is 0 Å². The molecule has 2 saturated heterocycles. The van der Waals surface area contributed by atoms with Gasteiger partial charge in [0.05, 0.1) is 24.7 Å². The number of ether oxygens (including phenoxy) is 2. The van der Waals surface area contributed by atoms with Crippen molar-refractivity contribution in [3.05, 3.63) is 29.3 Å². The van der Waals surface area contributed by atoms with Gasteiger partial charge in [-0.05, 0) is 25.5 Å². The number of amides is 1. The number of nitrogens with zero attached hydrogens (tertiary/aromatic N) is 1. The Labute approximate surface area is 148 Å². The van der Waals surface area contributed by atoms with Crippen molar-refractivity contribution >= 4 is 15.9 Å². The van der Waals surface area contributed by atoms with E-state index in [0.717, 1.165) is 5.56 Å². The van der Waals surface area contributed by atoms with E-state index in [4.69, 9.17) is 9.47 Å². The number of likely N-dealkylation sites (tertiary alicyclic amines) is 1. The Bertz CT molecular complexity index is 746. The first-order valence-electron chi connectivity index (χ1n) is 8.44. The lowest BCUT2D eigenvalue weighted by Crippen LogP contribution is -2.49. The predicted octanol–water partition coefficient (Wildman–Crippen LogP) is 0.947. The minimum atomic E-state index is -3.71. The van der Waals surface area contributed by atoms with Gasteiger partial charge in [0.1, 0.15) is 0 Å². The fourth-order valence-electron chi connectivity index (χ4n) is 3.33. The van der Waals surface area contributed by atoms with Crippen LogP contribution in [0.1, 0.15) is 24.0 Å². The average molecular weight is 368 g/mol. The lowest BCUT2D eigenvalue weighted by molar-refractivity contribution is -0.187. The van der Waals surface area contributed by atoms with Gasteiger partial charge in [-0.2, -0.15) is 0 Å². The van der Waals surface area contributed by atoms with Crippen LogP contribution in [0.15, 0.2) is 23.1 Å². The second-order valence-electron chi connectivity index (χ2n) is 6.58. The molecule has 1 N–H and O–H groups in total. The Kier molecular flexibility index (Phi) is 5.15. The molecule has 2 heterocycles. The summed E-state index contributed by atoms with van der Waals surface area (Å²) in [6, 6.07) is 5.12. The second kappa shape index (κ2) is 7.03. The maximum absolute atomic E-state index is 12.4. The number of sulfonamides is 1. The van der Waals surface area contributed by atoms with Crippen LogP contribution in [0.4, 0.5) is 0 Å². The molecule has 1 amide bonds. The van der Waals surface area contributed by atoms with Crippen LogP contribution in [0, 0.1) is 13.8 Å². The number of carbonyl (C=O) groups is 1. The summed E-state index contributed by atoms with van der Waals surface area (Å²) in [5.41, 5.74) is 1.65. The molecular weight excluding hydrogens is 344 g/mol. The van der Waals surface area contributed by atoms with Crippen LogP contribution in [0.3, 0.4) is 0 Å². The molecule has 25 heavy (non-hydrogen) atoms. The normalized spacial score (nSPS) is 20.2. The van der Waals surface area contributed by atoms with E-state index in [0.29, 0.717) is 44.7 Å². The number of hydrogen-bond acceptors (Lipinski definition) is 5. The molecule has 1 aromatic rings. The summed E-state index contributed by atoms with van der Waals surface area (Å²) in [6.07, 6.45) is 1.23. The van der Waals surface area contributed by atoms with Crippen molar-refractivity contribution in [1.82, 2.24) is 9.62 Å². The van der Waals surface area contributed by atoms with E-state index in [1.807, 2.05) is 13.0 Å². The third kappa shape index (κ3) is 4.03. The Balaban J connectivity index is 1.57. The average Bonchev–Trinajstić information content (AvgIpc) is 3.01. The van der Waals surface area contributed by atoms with Crippen molar-refractivity contribution in [3.63, 3.8) is 0 Å². The first-order chi connectivity index (χ1) is 11.8. The minimum absolute atomic E-state index is 0.205. The summed E-state index contributed by atoms with van der Waals surface area (Å²) in [7, 11) is -3.71.